The minimum Gasteiger partial charge on any atom is -0.394 e. The Kier molecular flexibility index (Phi) is 6.29. The van der Waals surface area contributed by atoms with Gasteiger partial charge in [0.15, 0.2) is 5.13 Å². The van der Waals surface area contributed by atoms with E-state index in [0.717, 1.165) is 21.4 Å². The number of aromatic nitrogens is 2. The molecule has 3 heterocycles. The predicted molar refractivity (Wildman–Crippen MR) is 119 cm³/mol. The normalized spacial score (nSPS) is 15.2. The number of amides is 2. The van der Waals surface area contributed by atoms with Crippen molar-refractivity contribution in [1.82, 2.24) is 14.9 Å². The molecule has 0 radical (unpaired) electrons. The fraction of sp³-hybridized carbons (Fsp3) is 0.286. The lowest BCUT2D eigenvalue weighted by molar-refractivity contribution is 0.0954. The van der Waals surface area contributed by atoms with Gasteiger partial charge in [-0.2, -0.15) is 0 Å². The van der Waals surface area contributed by atoms with Gasteiger partial charge in [0.1, 0.15) is 0 Å². The van der Waals surface area contributed by atoms with E-state index in [9.17, 15) is 9.90 Å². The molecule has 0 fully saturated rings. The number of fused-ring (bicyclic) bond motifs is 1. The van der Waals surface area contributed by atoms with Gasteiger partial charge < -0.3 is 15.1 Å². The van der Waals surface area contributed by atoms with E-state index in [-0.39, 0.29) is 12.6 Å². The fourth-order valence-corrected chi connectivity index (χ4v) is 4.49. The van der Waals surface area contributed by atoms with Crippen LogP contribution in [-0.2, 0) is 6.42 Å². The van der Waals surface area contributed by atoms with Crippen LogP contribution in [0.4, 0.5) is 9.93 Å². The summed E-state index contributed by atoms with van der Waals surface area (Å²) in [5, 5.41) is 22.5. The largest absolute Gasteiger partial charge is 0.394 e. The van der Waals surface area contributed by atoms with Crippen molar-refractivity contribution < 1.29 is 15.0 Å². The van der Waals surface area contributed by atoms with Gasteiger partial charge in [0.05, 0.1) is 33.6 Å². The molecular formula is C21H21ClN4O3S. The number of benzene rings is 1. The third-order valence-electron chi connectivity index (χ3n) is 4.89. The summed E-state index contributed by atoms with van der Waals surface area (Å²) in [6.07, 6.45) is 3.72. The Balaban J connectivity index is 1.40. The molecule has 30 heavy (non-hydrogen) atoms. The zero-order valence-corrected chi connectivity index (χ0v) is 17.7. The number of nitrogens with one attached hydrogen (secondary N) is 1. The fourth-order valence-electron chi connectivity index (χ4n) is 3.33. The van der Waals surface area contributed by atoms with Crippen molar-refractivity contribution in [2.45, 2.75) is 18.9 Å². The highest BCUT2D eigenvalue weighted by molar-refractivity contribution is 7.22. The monoisotopic (exact) mass is 444 g/mol. The number of hydrogen-bond donors (Lipinski definition) is 3. The van der Waals surface area contributed by atoms with E-state index in [1.165, 1.54) is 11.3 Å². The Morgan fingerprint density at radius 3 is 2.90 bits per heavy atom. The molecule has 1 aliphatic heterocycles. The lowest BCUT2D eigenvalue weighted by Crippen LogP contribution is -2.37. The number of carbonyl (C=O) groups excluding carboxylic acids is 1. The minimum atomic E-state index is -0.829. The van der Waals surface area contributed by atoms with Gasteiger partial charge in [-0.3, -0.25) is 10.3 Å². The SMILES string of the molecule is O=C(Nc1nc2ccccc2s1)N1CC=C(c2ncc(CC(O)CO)cc2Cl)CC1. The van der Waals surface area contributed by atoms with Crippen molar-refractivity contribution >= 4 is 49.9 Å². The predicted octanol–water partition coefficient (Wildman–Crippen LogP) is 3.56. The van der Waals surface area contributed by atoms with Crippen molar-refractivity contribution in [3.05, 3.63) is 58.9 Å². The number of aliphatic hydroxyl groups is 2. The second kappa shape index (κ2) is 9.09. The van der Waals surface area contributed by atoms with Gasteiger partial charge in [-0.15, -0.1) is 0 Å². The Morgan fingerprint density at radius 2 is 2.20 bits per heavy atom. The van der Waals surface area contributed by atoms with Crippen molar-refractivity contribution in [3.8, 4) is 0 Å². The Hall–Kier alpha value is -2.52. The Bertz CT molecular complexity index is 1070. The molecule has 156 valence electrons. The van der Waals surface area contributed by atoms with Crippen LogP contribution in [0.1, 0.15) is 17.7 Å². The summed E-state index contributed by atoms with van der Waals surface area (Å²) in [5.41, 5.74) is 3.30. The molecule has 1 aliphatic rings. The number of anilines is 1. The number of nitrogens with zero attached hydrogens (tertiary/aromatic N) is 3. The molecule has 2 amide bonds. The maximum absolute atomic E-state index is 12.6. The zero-order valence-electron chi connectivity index (χ0n) is 16.1. The first-order chi connectivity index (χ1) is 14.5. The molecule has 0 saturated carbocycles. The van der Waals surface area contributed by atoms with Crippen LogP contribution in [0.5, 0.6) is 0 Å². The van der Waals surface area contributed by atoms with Gasteiger partial charge in [0.25, 0.3) is 0 Å². The average molecular weight is 445 g/mol. The van der Waals surface area contributed by atoms with E-state index in [1.54, 1.807) is 17.2 Å². The number of rotatable bonds is 5. The molecule has 9 heteroatoms. The van der Waals surface area contributed by atoms with Crippen molar-refractivity contribution in [2.75, 3.05) is 25.0 Å². The van der Waals surface area contributed by atoms with Crippen molar-refractivity contribution in [1.29, 1.82) is 0 Å². The molecule has 1 atom stereocenters. The van der Waals surface area contributed by atoms with Crippen LogP contribution < -0.4 is 5.32 Å². The molecule has 0 bridgehead atoms. The van der Waals surface area contributed by atoms with E-state index in [1.807, 2.05) is 30.3 Å². The molecule has 3 N–H and O–H groups in total. The highest BCUT2D eigenvalue weighted by atomic mass is 35.5. The molecule has 0 aliphatic carbocycles. The summed E-state index contributed by atoms with van der Waals surface area (Å²) in [7, 11) is 0. The highest BCUT2D eigenvalue weighted by Gasteiger charge is 2.21. The number of halogens is 1. The van der Waals surface area contributed by atoms with Crippen LogP contribution in [0.15, 0.2) is 42.6 Å². The smallest absolute Gasteiger partial charge is 0.323 e. The molecule has 7 nitrogen and oxygen atoms in total. The van der Waals surface area contributed by atoms with Crippen molar-refractivity contribution in [2.24, 2.45) is 0 Å². The first kappa shape index (κ1) is 20.7. The third-order valence-corrected chi connectivity index (χ3v) is 6.13. The summed E-state index contributed by atoms with van der Waals surface area (Å²) in [6.45, 7) is 0.694. The first-order valence-electron chi connectivity index (χ1n) is 9.57. The van der Waals surface area contributed by atoms with Crippen LogP contribution in [0, 0.1) is 0 Å². The lowest BCUT2D eigenvalue weighted by Gasteiger charge is -2.26. The van der Waals surface area contributed by atoms with E-state index in [2.05, 4.69) is 15.3 Å². The van der Waals surface area contributed by atoms with Gasteiger partial charge in [0, 0.05) is 25.7 Å². The Morgan fingerprint density at radius 1 is 1.37 bits per heavy atom. The topological polar surface area (TPSA) is 98.6 Å². The summed E-state index contributed by atoms with van der Waals surface area (Å²) >= 11 is 7.84. The second-order valence-corrected chi connectivity index (χ2v) is 8.49. The van der Waals surface area contributed by atoms with Crippen LogP contribution in [-0.4, -0.2) is 56.9 Å². The van der Waals surface area contributed by atoms with E-state index in [4.69, 9.17) is 16.7 Å². The number of urea groups is 1. The van der Waals surface area contributed by atoms with E-state index in [0.29, 0.717) is 41.8 Å². The number of hydrogen-bond acceptors (Lipinski definition) is 6. The minimum absolute atomic E-state index is 0.184. The molecule has 2 aromatic heterocycles. The number of aliphatic hydroxyl groups excluding tert-OH is 2. The van der Waals surface area contributed by atoms with Gasteiger partial charge in [-0.1, -0.05) is 41.1 Å². The lowest BCUT2D eigenvalue weighted by atomic mass is 10.0. The molecule has 0 spiro atoms. The first-order valence-corrected chi connectivity index (χ1v) is 10.8. The van der Waals surface area contributed by atoms with Crippen LogP contribution in [0.2, 0.25) is 5.02 Å². The molecule has 0 saturated heterocycles. The van der Waals surface area contributed by atoms with Gasteiger partial charge >= 0.3 is 6.03 Å². The van der Waals surface area contributed by atoms with Gasteiger partial charge in [-0.05, 0) is 35.8 Å². The third kappa shape index (κ3) is 4.62. The Labute approximate surface area is 182 Å². The highest BCUT2D eigenvalue weighted by Crippen LogP contribution is 2.29. The number of para-hydroxylation sites is 1. The van der Waals surface area contributed by atoms with Crippen LogP contribution >= 0.6 is 22.9 Å². The van der Waals surface area contributed by atoms with E-state index >= 15 is 0 Å². The summed E-state index contributed by atoms with van der Waals surface area (Å²) in [5.74, 6) is 0. The van der Waals surface area contributed by atoms with E-state index < -0.39 is 6.10 Å². The number of thiazole rings is 1. The molecule has 4 rings (SSSR count). The average Bonchev–Trinajstić information content (AvgIpc) is 3.16. The standard InChI is InChI=1S/C21H21ClN4O3S/c22-16-10-13(9-15(28)12-27)11-23-19(16)14-5-7-26(8-6-14)21(29)25-20-24-17-3-1-2-4-18(17)30-20/h1-5,10-11,15,27-28H,6-9,12H2,(H,24,25,29). The number of pyridine rings is 1. The maximum Gasteiger partial charge on any atom is 0.323 e. The quantitative estimate of drug-likeness (QED) is 0.558. The molecule has 3 aromatic rings. The molecule has 1 unspecified atom stereocenters. The maximum atomic E-state index is 12.6. The molecular weight excluding hydrogens is 424 g/mol. The van der Waals surface area contributed by atoms with Crippen molar-refractivity contribution in [3.63, 3.8) is 0 Å². The van der Waals surface area contributed by atoms with Gasteiger partial charge in [-0.25, -0.2) is 9.78 Å². The second-order valence-electron chi connectivity index (χ2n) is 7.06. The van der Waals surface area contributed by atoms with Gasteiger partial charge in [0.2, 0.25) is 0 Å². The van der Waals surface area contributed by atoms with Crippen LogP contribution in [0.25, 0.3) is 15.8 Å². The summed E-state index contributed by atoms with van der Waals surface area (Å²) in [6, 6.07) is 9.34. The summed E-state index contributed by atoms with van der Waals surface area (Å²) < 4.78 is 1.03. The van der Waals surface area contributed by atoms with Crippen LogP contribution in [0.3, 0.4) is 0 Å². The summed E-state index contributed by atoms with van der Waals surface area (Å²) in [4.78, 5) is 23.2. The zero-order chi connectivity index (χ0) is 21.1. The number of carbonyl (C=O) groups is 1. The molecule has 1 aromatic carbocycles.